The number of likely N-dealkylation sites (N-methyl/N-ethyl adjacent to an activating group) is 1. The average molecular weight is 306 g/mol. The predicted molar refractivity (Wildman–Crippen MR) is 87.7 cm³/mol. The highest BCUT2D eigenvalue weighted by Crippen LogP contribution is 2.41. The highest BCUT2D eigenvalue weighted by Gasteiger charge is 2.46. The summed E-state index contributed by atoms with van der Waals surface area (Å²) in [6.07, 6.45) is 10.9. The largest absolute Gasteiger partial charge is 0.380 e. The summed E-state index contributed by atoms with van der Waals surface area (Å²) in [5.41, 5.74) is 0.312. The van der Waals surface area contributed by atoms with Gasteiger partial charge in [0, 0.05) is 37.2 Å². The normalized spacial score (nSPS) is 28.8. The molecule has 1 unspecified atom stereocenters. The number of rotatable bonds is 4. The molecule has 0 N–H and O–H groups in total. The summed E-state index contributed by atoms with van der Waals surface area (Å²) in [5, 5.41) is 0. The Labute approximate surface area is 134 Å². The molecular formula is C18H30N2O2. The second kappa shape index (κ2) is 6.71. The van der Waals surface area contributed by atoms with E-state index in [0.717, 1.165) is 52.0 Å². The van der Waals surface area contributed by atoms with E-state index in [2.05, 4.69) is 35.9 Å². The van der Waals surface area contributed by atoms with Gasteiger partial charge in [0.05, 0.1) is 6.61 Å². The van der Waals surface area contributed by atoms with E-state index in [9.17, 15) is 4.79 Å². The Morgan fingerprint density at radius 2 is 1.91 bits per heavy atom. The minimum atomic E-state index is 0.223. The maximum Gasteiger partial charge on any atom is 0.226 e. The molecule has 3 aliphatic rings. The van der Waals surface area contributed by atoms with Crippen LogP contribution >= 0.6 is 0 Å². The maximum atomic E-state index is 12.5. The molecule has 4 nitrogen and oxygen atoms in total. The van der Waals surface area contributed by atoms with Crippen molar-refractivity contribution in [2.24, 2.45) is 5.92 Å². The van der Waals surface area contributed by atoms with Crippen molar-refractivity contribution in [3.8, 4) is 0 Å². The standard InChI is InChI=1S/C18H30N2O2/c1-3-22-14-16-8-9-18(19(16)2)10-12-20(13-11-18)17(21)15-6-4-5-7-15/h4-5,15-16H,3,6-14H2,1-2H3. The Bertz CT molecular complexity index is 419. The molecule has 1 atom stereocenters. The van der Waals surface area contributed by atoms with Crippen LogP contribution in [0, 0.1) is 5.92 Å². The van der Waals surface area contributed by atoms with Gasteiger partial charge in [0.2, 0.25) is 5.91 Å². The van der Waals surface area contributed by atoms with Crippen LogP contribution in [0.2, 0.25) is 0 Å². The summed E-state index contributed by atoms with van der Waals surface area (Å²) in [7, 11) is 2.26. The molecule has 2 fully saturated rings. The molecule has 0 saturated carbocycles. The van der Waals surface area contributed by atoms with Gasteiger partial charge in [0.1, 0.15) is 0 Å². The fourth-order valence-electron chi connectivity index (χ4n) is 4.46. The Hall–Kier alpha value is -0.870. The Balaban J connectivity index is 1.53. The van der Waals surface area contributed by atoms with E-state index in [4.69, 9.17) is 4.74 Å². The summed E-state index contributed by atoms with van der Waals surface area (Å²) < 4.78 is 5.64. The lowest BCUT2D eigenvalue weighted by molar-refractivity contribution is -0.137. The molecule has 1 aliphatic carbocycles. The number of piperidine rings is 1. The van der Waals surface area contributed by atoms with E-state index < -0.39 is 0 Å². The van der Waals surface area contributed by atoms with Crippen LogP contribution in [0.4, 0.5) is 0 Å². The van der Waals surface area contributed by atoms with E-state index in [1.54, 1.807) is 0 Å². The zero-order valence-corrected chi connectivity index (χ0v) is 14.1. The van der Waals surface area contributed by atoms with Gasteiger partial charge in [-0.1, -0.05) is 12.2 Å². The van der Waals surface area contributed by atoms with Gasteiger partial charge < -0.3 is 9.64 Å². The summed E-state index contributed by atoms with van der Waals surface area (Å²) in [6, 6.07) is 0.557. The number of hydrogen-bond donors (Lipinski definition) is 0. The van der Waals surface area contributed by atoms with Crippen LogP contribution in [0.15, 0.2) is 12.2 Å². The molecule has 0 bridgehead atoms. The van der Waals surface area contributed by atoms with E-state index in [0.29, 0.717) is 17.5 Å². The third-order valence-electron chi connectivity index (χ3n) is 6.12. The number of likely N-dealkylation sites (tertiary alicyclic amines) is 2. The highest BCUT2D eigenvalue weighted by molar-refractivity contribution is 5.79. The second-order valence-electron chi connectivity index (χ2n) is 7.15. The third-order valence-corrected chi connectivity index (χ3v) is 6.12. The van der Waals surface area contributed by atoms with Gasteiger partial charge in [-0.2, -0.15) is 0 Å². The van der Waals surface area contributed by atoms with E-state index in [1.807, 2.05) is 0 Å². The summed E-state index contributed by atoms with van der Waals surface area (Å²) in [4.78, 5) is 17.2. The Kier molecular flexibility index (Phi) is 4.88. The Morgan fingerprint density at radius 1 is 1.23 bits per heavy atom. The average Bonchev–Trinajstić information content (AvgIpc) is 3.17. The van der Waals surface area contributed by atoms with Crippen LogP contribution in [0.25, 0.3) is 0 Å². The van der Waals surface area contributed by atoms with Gasteiger partial charge in [0.15, 0.2) is 0 Å². The topological polar surface area (TPSA) is 32.8 Å². The molecule has 0 aromatic heterocycles. The molecule has 0 radical (unpaired) electrons. The maximum absolute atomic E-state index is 12.5. The van der Waals surface area contributed by atoms with E-state index >= 15 is 0 Å². The minimum Gasteiger partial charge on any atom is -0.380 e. The first-order valence-electron chi connectivity index (χ1n) is 8.91. The van der Waals surface area contributed by atoms with Crippen molar-refractivity contribution in [3.63, 3.8) is 0 Å². The van der Waals surface area contributed by atoms with Crippen LogP contribution < -0.4 is 0 Å². The van der Waals surface area contributed by atoms with Crippen LogP contribution in [0.5, 0.6) is 0 Å². The van der Waals surface area contributed by atoms with Crippen molar-refractivity contribution < 1.29 is 9.53 Å². The van der Waals surface area contributed by atoms with Gasteiger partial charge in [0.25, 0.3) is 0 Å². The van der Waals surface area contributed by atoms with Gasteiger partial charge >= 0.3 is 0 Å². The monoisotopic (exact) mass is 306 g/mol. The van der Waals surface area contributed by atoms with Crippen molar-refractivity contribution in [2.45, 2.75) is 57.0 Å². The number of nitrogens with zero attached hydrogens (tertiary/aromatic N) is 2. The number of ether oxygens (including phenoxy) is 1. The van der Waals surface area contributed by atoms with Gasteiger partial charge in [-0.3, -0.25) is 9.69 Å². The molecule has 124 valence electrons. The van der Waals surface area contributed by atoms with Crippen LogP contribution in [0.1, 0.15) is 45.4 Å². The van der Waals surface area contributed by atoms with Crippen LogP contribution in [-0.2, 0) is 9.53 Å². The molecule has 2 aliphatic heterocycles. The lowest BCUT2D eigenvalue weighted by Crippen LogP contribution is -2.54. The number of amides is 1. The van der Waals surface area contributed by atoms with Gasteiger partial charge in [-0.25, -0.2) is 0 Å². The van der Waals surface area contributed by atoms with Crippen molar-refractivity contribution >= 4 is 5.91 Å². The quantitative estimate of drug-likeness (QED) is 0.748. The predicted octanol–water partition coefficient (Wildman–Crippen LogP) is 2.44. The summed E-state index contributed by atoms with van der Waals surface area (Å²) in [5.74, 6) is 0.604. The number of hydrogen-bond acceptors (Lipinski definition) is 3. The van der Waals surface area contributed by atoms with Crippen LogP contribution in [0.3, 0.4) is 0 Å². The summed E-state index contributed by atoms with van der Waals surface area (Å²) >= 11 is 0. The fraction of sp³-hybridized carbons (Fsp3) is 0.833. The molecule has 0 aromatic carbocycles. The van der Waals surface area contributed by atoms with Crippen molar-refractivity contribution in [3.05, 3.63) is 12.2 Å². The Morgan fingerprint density at radius 3 is 2.55 bits per heavy atom. The van der Waals surface area contributed by atoms with Crippen LogP contribution in [-0.4, -0.2) is 60.6 Å². The third kappa shape index (κ3) is 2.95. The molecule has 3 rings (SSSR count). The highest BCUT2D eigenvalue weighted by atomic mass is 16.5. The molecule has 1 amide bonds. The zero-order chi connectivity index (χ0) is 15.6. The number of carbonyl (C=O) groups excluding carboxylic acids is 1. The van der Waals surface area contributed by atoms with Crippen molar-refractivity contribution in [1.82, 2.24) is 9.80 Å². The lowest BCUT2D eigenvalue weighted by Gasteiger charge is -2.45. The molecule has 1 spiro atoms. The van der Waals surface area contributed by atoms with Gasteiger partial charge in [-0.15, -0.1) is 0 Å². The smallest absolute Gasteiger partial charge is 0.226 e. The molecule has 4 heteroatoms. The SMILES string of the molecule is CCOCC1CCC2(CCN(C(=O)C3CC=CC3)CC2)N1C. The molecule has 0 aromatic rings. The molecule has 22 heavy (non-hydrogen) atoms. The first-order valence-corrected chi connectivity index (χ1v) is 8.91. The first kappa shape index (κ1) is 16.0. The van der Waals surface area contributed by atoms with Crippen molar-refractivity contribution in [2.75, 3.05) is 33.4 Å². The lowest BCUT2D eigenvalue weighted by atomic mass is 9.85. The van der Waals surface area contributed by atoms with Gasteiger partial charge in [-0.05, 0) is 52.5 Å². The summed E-state index contributed by atoms with van der Waals surface area (Å²) in [6.45, 7) is 5.58. The fourth-order valence-corrected chi connectivity index (χ4v) is 4.46. The number of allylic oxidation sites excluding steroid dienone is 2. The molecule has 2 heterocycles. The van der Waals surface area contributed by atoms with E-state index in [-0.39, 0.29) is 5.92 Å². The zero-order valence-electron chi connectivity index (χ0n) is 14.1. The van der Waals surface area contributed by atoms with E-state index in [1.165, 1.54) is 12.8 Å². The molecular weight excluding hydrogens is 276 g/mol. The molecule has 2 saturated heterocycles. The second-order valence-corrected chi connectivity index (χ2v) is 7.15. The number of carbonyl (C=O) groups is 1. The van der Waals surface area contributed by atoms with Crippen molar-refractivity contribution in [1.29, 1.82) is 0 Å². The minimum absolute atomic E-state index is 0.223. The first-order chi connectivity index (χ1) is 10.7.